The van der Waals surface area contributed by atoms with Crippen LogP contribution in [0.15, 0.2) is 12.3 Å². The fraction of sp³-hybridized carbons (Fsp3) is 0.556. The number of hydrogen-bond acceptors (Lipinski definition) is 7. The van der Waals surface area contributed by atoms with Crippen LogP contribution < -0.4 is 10.6 Å². The Hall–Kier alpha value is -2.86. The molecule has 36 heavy (non-hydrogen) atoms. The van der Waals surface area contributed by atoms with Gasteiger partial charge in [-0.1, -0.05) is 6.42 Å². The molecule has 0 radical (unpaired) electrons. The molecule has 3 fully saturated rings. The molecular weight excluding hydrogens is 478 g/mol. The van der Waals surface area contributed by atoms with Crippen LogP contribution in [0.25, 0.3) is 20.8 Å². The third-order valence-corrected chi connectivity index (χ3v) is 8.59. The number of aryl methyl sites for hydroxylation is 1. The Labute approximate surface area is 214 Å². The number of fused-ring (bicyclic) bond motifs is 1. The molecule has 6 rings (SSSR count). The summed E-state index contributed by atoms with van der Waals surface area (Å²) in [5, 5.41) is 7.78. The Morgan fingerprint density at radius 3 is 2.56 bits per heavy atom. The maximum Gasteiger partial charge on any atom is 0.241 e. The van der Waals surface area contributed by atoms with E-state index in [1.54, 1.807) is 11.3 Å². The third kappa shape index (κ3) is 5.15. The van der Waals surface area contributed by atoms with Crippen molar-refractivity contribution in [1.29, 1.82) is 0 Å². The third-order valence-electron chi connectivity index (χ3n) is 7.55. The summed E-state index contributed by atoms with van der Waals surface area (Å²) < 4.78 is 27.7. The van der Waals surface area contributed by atoms with Crippen LogP contribution in [-0.4, -0.2) is 38.9 Å². The average Bonchev–Trinajstić information content (AvgIpc) is 3.41. The van der Waals surface area contributed by atoms with Crippen LogP contribution in [0.1, 0.15) is 68.7 Å². The number of rotatable bonds is 8. The standard InChI is InChI=1S/C25H30F2N6S.C2H2/c1-13-19(24-32-21-18(34-24)9-10-28-20(21)15-5-6-15)23(31-17-8-7-16(11-17)22(26)27)33-25(30-13)29-12-14-3-2-4-14;1-2/h9-10,14-17,22H,2-8,11-12H2,1H3,(H2,29,30,31,33);1-2H/t16?,17-;/m0./s1. The van der Waals surface area contributed by atoms with E-state index < -0.39 is 12.3 Å². The van der Waals surface area contributed by atoms with E-state index in [2.05, 4.69) is 28.5 Å². The zero-order valence-electron chi connectivity index (χ0n) is 20.5. The van der Waals surface area contributed by atoms with Crippen molar-refractivity contribution in [2.75, 3.05) is 17.2 Å². The number of anilines is 2. The highest BCUT2D eigenvalue weighted by Gasteiger charge is 2.33. The van der Waals surface area contributed by atoms with Crippen molar-refractivity contribution < 1.29 is 8.78 Å². The minimum Gasteiger partial charge on any atom is -0.367 e. The van der Waals surface area contributed by atoms with Crippen LogP contribution in [0.3, 0.4) is 0 Å². The molecule has 0 amide bonds. The quantitative estimate of drug-likeness (QED) is 0.331. The summed E-state index contributed by atoms with van der Waals surface area (Å²) in [5.41, 5.74) is 3.78. The summed E-state index contributed by atoms with van der Waals surface area (Å²) >= 11 is 1.63. The monoisotopic (exact) mass is 510 g/mol. The van der Waals surface area contributed by atoms with Gasteiger partial charge in [0.15, 0.2) is 0 Å². The Bertz CT molecular complexity index is 1230. The van der Waals surface area contributed by atoms with E-state index >= 15 is 0 Å². The lowest BCUT2D eigenvalue weighted by atomic mass is 9.85. The molecule has 0 spiro atoms. The van der Waals surface area contributed by atoms with Gasteiger partial charge in [0.25, 0.3) is 0 Å². The molecule has 2 atom stereocenters. The molecule has 0 aromatic carbocycles. The number of terminal acetylenes is 1. The van der Waals surface area contributed by atoms with E-state index in [-0.39, 0.29) is 6.04 Å². The molecule has 3 aromatic heterocycles. The van der Waals surface area contributed by atoms with Crippen molar-refractivity contribution in [2.24, 2.45) is 11.8 Å². The molecule has 3 aromatic rings. The number of aromatic nitrogens is 4. The largest absolute Gasteiger partial charge is 0.367 e. The molecule has 9 heteroatoms. The predicted octanol–water partition coefficient (Wildman–Crippen LogP) is 6.64. The van der Waals surface area contributed by atoms with Crippen LogP contribution in [0.2, 0.25) is 0 Å². The van der Waals surface area contributed by atoms with E-state index in [0.29, 0.717) is 36.4 Å². The number of pyridine rings is 1. The molecule has 3 saturated carbocycles. The van der Waals surface area contributed by atoms with Crippen molar-refractivity contribution >= 4 is 33.3 Å². The van der Waals surface area contributed by atoms with Gasteiger partial charge in [0.2, 0.25) is 12.4 Å². The summed E-state index contributed by atoms with van der Waals surface area (Å²) in [6, 6.07) is 1.99. The van der Waals surface area contributed by atoms with Crippen LogP contribution in [0, 0.1) is 31.6 Å². The van der Waals surface area contributed by atoms with Crippen molar-refractivity contribution in [3.05, 3.63) is 23.7 Å². The van der Waals surface area contributed by atoms with Crippen molar-refractivity contribution in [2.45, 2.75) is 76.7 Å². The van der Waals surface area contributed by atoms with Crippen molar-refractivity contribution in [3.8, 4) is 23.4 Å². The Morgan fingerprint density at radius 2 is 1.89 bits per heavy atom. The number of halogens is 2. The highest BCUT2D eigenvalue weighted by Crippen LogP contribution is 2.44. The molecule has 3 aliphatic rings. The molecule has 190 valence electrons. The van der Waals surface area contributed by atoms with Gasteiger partial charge in [-0.3, -0.25) is 4.98 Å². The van der Waals surface area contributed by atoms with Crippen LogP contribution >= 0.6 is 11.3 Å². The Balaban J connectivity index is 0.00000130. The fourth-order valence-electron chi connectivity index (χ4n) is 5.15. The van der Waals surface area contributed by atoms with E-state index in [1.165, 1.54) is 32.1 Å². The molecular formula is C27H32F2N6S. The lowest BCUT2D eigenvalue weighted by Gasteiger charge is -2.25. The summed E-state index contributed by atoms with van der Waals surface area (Å²) in [6.45, 7) is 2.85. The number of nitrogens with one attached hydrogen (secondary N) is 2. The maximum absolute atomic E-state index is 13.3. The first-order valence-corrected chi connectivity index (χ1v) is 13.6. The molecule has 2 N–H and O–H groups in total. The van der Waals surface area contributed by atoms with Crippen molar-refractivity contribution in [3.63, 3.8) is 0 Å². The van der Waals surface area contributed by atoms with E-state index in [4.69, 9.17) is 15.0 Å². The lowest BCUT2D eigenvalue weighted by Crippen LogP contribution is -2.23. The maximum atomic E-state index is 13.3. The SMILES string of the molecule is C#C.Cc1nc(NCC2CCC2)nc(N[C@H]2CCC(C(F)F)C2)c1-c1nc2c(C3CC3)nccc2s1. The molecule has 0 aliphatic heterocycles. The summed E-state index contributed by atoms with van der Waals surface area (Å²) in [5.74, 6) is 1.94. The van der Waals surface area contributed by atoms with Gasteiger partial charge >= 0.3 is 0 Å². The summed E-state index contributed by atoms with van der Waals surface area (Å²) in [6.07, 6.45) is 15.4. The summed E-state index contributed by atoms with van der Waals surface area (Å²) in [7, 11) is 0. The van der Waals surface area contributed by atoms with Gasteiger partial charge in [0.1, 0.15) is 16.3 Å². The smallest absolute Gasteiger partial charge is 0.241 e. The lowest BCUT2D eigenvalue weighted by molar-refractivity contribution is 0.0803. The second-order valence-corrected chi connectivity index (χ2v) is 11.1. The van der Waals surface area contributed by atoms with Gasteiger partial charge in [-0.2, -0.15) is 4.98 Å². The molecule has 1 unspecified atom stereocenters. The van der Waals surface area contributed by atoms with Crippen LogP contribution in [0.5, 0.6) is 0 Å². The second-order valence-electron chi connectivity index (χ2n) is 10.1. The van der Waals surface area contributed by atoms with Gasteiger partial charge in [-0.05, 0) is 63.9 Å². The van der Waals surface area contributed by atoms with Crippen LogP contribution in [-0.2, 0) is 0 Å². The van der Waals surface area contributed by atoms with E-state index in [1.807, 2.05) is 19.2 Å². The van der Waals surface area contributed by atoms with Gasteiger partial charge in [0.05, 0.1) is 21.7 Å². The van der Waals surface area contributed by atoms with E-state index in [9.17, 15) is 8.78 Å². The fourth-order valence-corrected chi connectivity index (χ4v) is 6.22. The first-order chi connectivity index (χ1) is 17.5. The zero-order chi connectivity index (χ0) is 25.2. The zero-order valence-corrected chi connectivity index (χ0v) is 21.3. The topological polar surface area (TPSA) is 75.6 Å². The normalized spacial score (nSPS) is 21.7. The first kappa shape index (κ1) is 24.8. The number of nitrogens with zero attached hydrogens (tertiary/aromatic N) is 4. The number of thiazole rings is 1. The van der Waals surface area contributed by atoms with E-state index in [0.717, 1.165) is 45.1 Å². The highest BCUT2D eigenvalue weighted by molar-refractivity contribution is 7.21. The van der Waals surface area contributed by atoms with Crippen molar-refractivity contribution in [1.82, 2.24) is 19.9 Å². The van der Waals surface area contributed by atoms with Crippen LogP contribution in [0.4, 0.5) is 20.5 Å². The highest BCUT2D eigenvalue weighted by atomic mass is 32.1. The average molecular weight is 511 g/mol. The molecule has 0 bridgehead atoms. The molecule has 3 heterocycles. The molecule has 0 saturated heterocycles. The minimum absolute atomic E-state index is 0.0235. The minimum atomic E-state index is -2.27. The second kappa shape index (κ2) is 10.6. The molecule has 3 aliphatic carbocycles. The Kier molecular flexibility index (Phi) is 7.33. The van der Waals surface area contributed by atoms with Gasteiger partial charge in [-0.25, -0.2) is 18.7 Å². The number of alkyl halides is 2. The predicted molar refractivity (Wildman–Crippen MR) is 142 cm³/mol. The first-order valence-electron chi connectivity index (χ1n) is 12.8. The Morgan fingerprint density at radius 1 is 1.08 bits per heavy atom. The molecule has 6 nitrogen and oxygen atoms in total. The summed E-state index contributed by atoms with van der Waals surface area (Å²) in [4.78, 5) is 19.2. The van der Waals surface area contributed by atoms with Gasteiger partial charge in [0, 0.05) is 30.6 Å². The van der Waals surface area contributed by atoms with Gasteiger partial charge in [-0.15, -0.1) is 24.2 Å². The number of hydrogen-bond donors (Lipinski definition) is 2. The van der Waals surface area contributed by atoms with Gasteiger partial charge < -0.3 is 10.6 Å².